The summed E-state index contributed by atoms with van der Waals surface area (Å²) >= 11 is 0. The molecule has 0 rings (SSSR count). The van der Waals surface area contributed by atoms with E-state index in [9.17, 15) is 0 Å². The molecule has 2 N–H and O–H groups in total. The molecule has 0 fully saturated rings. The first-order valence-corrected chi connectivity index (χ1v) is 4.30. The van der Waals surface area contributed by atoms with Crippen LogP contribution in [0.3, 0.4) is 0 Å². The average Bonchev–Trinajstić information content (AvgIpc) is 1.96. The molecule has 0 aromatic carbocycles. The zero-order valence-corrected chi connectivity index (χ0v) is 7.47. The molecule has 3 nitrogen and oxygen atoms in total. The molecule has 3 heteroatoms. The maximum atomic E-state index is 8.81. The van der Waals surface area contributed by atoms with Gasteiger partial charge < -0.3 is 9.94 Å². The van der Waals surface area contributed by atoms with Crippen LogP contribution in [0.2, 0.25) is 0 Å². The summed E-state index contributed by atoms with van der Waals surface area (Å²) in [7, 11) is 0. The van der Waals surface area contributed by atoms with E-state index in [0.717, 1.165) is 13.0 Å². The van der Waals surface area contributed by atoms with Crippen molar-refractivity contribution in [2.75, 3.05) is 13.2 Å². The first-order valence-electron chi connectivity index (χ1n) is 4.30. The highest BCUT2D eigenvalue weighted by molar-refractivity contribution is 4.43. The molecule has 1 unspecified atom stereocenters. The van der Waals surface area contributed by atoms with Crippen LogP contribution in [-0.2, 0) is 4.84 Å². The van der Waals surface area contributed by atoms with Crippen LogP contribution >= 0.6 is 0 Å². The van der Waals surface area contributed by atoms with Crippen molar-refractivity contribution in [3.05, 3.63) is 0 Å². The number of aliphatic hydroxyl groups excluding tert-OH is 1. The molecular formula is C8H19NO2. The summed E-state index contributed by atoms with van der Waals surface area (Å²) < 4.78 is 0. The van der Waals surface area contributed by atoms with Gasteiger partial charge in [0.25, 0.3) is 0 Å². The van der Waals surface area contributed by atoms with Gasteiger partial charge in [0.05, 0.1) is 12.7 Å². The maximum absolute atomic E-state index is 8.81. The minimum absolute atomic E-state index is 0.332. The smallest absolute Gasteiger partial charge is 0.0682 e. The SMILES string of the molecule is CCCCCONCC(C)O. The van der Waals surface area contributed by atoms with Gasteiger partial charge in [-0.1, -0.05) is 19.8 Å². The van der Waals surface area contributed by atoms with Gasteiger partial charge in [0, 0.05) is 6.54 Å². The highest BCUT2D eigenvalue weighted by Gasteiger charge is 1.92. The number of unbranched alkanes of at least 4 members (excludes halogenated alkanes) is 2. The van der Waals surface area contributed by atoms with Crippen molar-refractivity contribution in [1.82, 2.24) is 5.48 Å². The van der Waals surface area contributed by atoms with Crippen molar-refractivity contribution in [3.63, 3.8) is 0 Å². The van der Waals surface area contributed by atoms with Gasteiger partial charge >= 0.3 is 0 Å². The minimum Gasteiger partial charge on any atom is -0.392 e. The summed E-state index contributed by atoms with van der Waals surface area (Å²) in [4.78, 5) is 5.04. The second-order valence-electron chi connectivity index (χ2n) is 2.75. The second-order valence-corrected chi connectivity index (χ2v) is 2.75. The summed E-state index contributed by atoms with van der Waals surface area (Å²) in [5.74, 6) is 0. The van der Waals surface area contributed by atoms with Gasteiger partial charge in [0.1, 0.15) is 0 Å². The van der Waals surface area contributed by atoms with Crippen LogP contribution in [0.25, 0.3) is 0 Å². The lowest BCUT2D eigenvalue weighted by molar-refractivity contribution is 0.0158. The lowest BCUT2D eigenvalue weighted by Gasteiger charge is -2.06. The molecule has 0 radical (unpaired) electrons. The number of aliphatic hydroxyl groups is 1. The summed E-state index contributed by atoms with van der Waals surface area (Å²) in [6.07, 6.45) is 3.17. The monoisotopic (exact) mass is 161 g/mol. The molecule has 0 amide bonds. The summed E-state index contributed by atoms with van der Waals surface area (Å²) in [5, 5.41) is 8.81. The fourth-order valence-electron chi connectivity index (χ4n) is 0.676. The largest absolute Gasteiger partial charge is 0.392 e. The molecular weight excluding hydrogens is 142 g/mol. The molecule has 0 saturated heterocycles. The number of nitrogens with one attached hydrogen (secondary N) is 1. The quantitative estimate of drug-likeness (QED) is 0.433. The zero-order valence-electron chi connectivity index (χ0n) is 7.47. The van der Waals surface area contributed by atoms with E-state index >= 15 is 0 Å². The Morgan fingerprint density at radius 1 is 1.45 bits per heavy atom. The van der Waals surface area contributed by atoms with Crippen LogP contribution in [0.4, 0.5) is 0 Å². The van der Waals surface area contributed by atoms with Crippen LogP contribution in [0, 0.1) is 0 Å². The van der Waals surface area contributed by atoms with Crippen LogP contribution < -0.4 is 5.48 Å². The molecule has 1 atom stereocenters. The molecule has 0 aliphatic heterocycles. The van der Waals surface area contributed by atoms with Crippen LogP contribution in [-0.4, -0.2) is 24.4 Å². The Morgan fingerprint density at radius 2 is 2.18 bits per heavy atom. The highest BCUT2D eigenvalue weighted by atomic mass is 16.6. The van der Waals surface area contributed by atoms with E-state index in [4.69, 9.17) is 9.94 Å². The molecule has 68 valence electrons. The number of hydrogen-bond acceptors (Lipinski definition) is 3. The number of hydrogen-bond donors (Lipinski definition) is 2. The molecule has 0 aromatic rings. The van der Waals surface area contributed by atoms with Crippen LogP contribution in [0.5, 0.6) is 0 Å². The number of hydroxylamine groups is 1. The molecule has 0 aliphatic carbocycles. The minimum atomic E-state index is -0.332. The van der Waals surface area contributed by atoms with Gasteiger partial charge in [0.2, 0.25) is 0 Å². The van der Waals surface area contributed by atoms with Crippen LogP contribution in [0.15, 0.2) is 0 Å². The van der Waals surface area contributed by atoms with Gasteiger partial charge in [-0.2, -0.15) is 5.48 Å². The Morgan fingerprint density at radius 3 is 2.73 bits per heavy atom. The van der Waals surface area contributed by atoms with Crippen molar-refractivity contribution >= 4 is 0 Å². The molecule has 0 aliphatic rings. The molecule has 0 spiro atoms. The zero-order chi connectivity index (χ0) is 8.53. The van der Waals surface area contributed by atoms with Gasteiger partial charge in [-0.15, -0.1) is 0 Å². The predicted octanol–water partition coefficient (Wildman–Crippen LogP) is 1.08. The second kappa shape index (κ2) is 7.98. The summed E-state index contributed by atoms with van der Waals surface area (Å²) in [5.41, 5.74) is 2.69. The third kappa shape index (κ3) is 9.88. The van der Waals surface area contributed by atoms with Crippen LogP contribution in [0.1, 0.15) is 33.1 Å². The topological polar surface area (TPSA) is 41.5 Å². The van der Waals surface area contributed by atoms with E-state index < -0.39 is 0 Å². The fourth-order valence-corrected chi connectivity index (χ4v) is 0.676. The van der Waals surface area contributed by atoms with Crippen molar-refractivity contribution in [2.45, 2.75) is 39.2 Å². The number of rotatable bonds is 7. The third-order valence-electron chi connectivity index (χ3n) is 1.33. The third-order valence-corrected chi connectivity index (χ3v) is 1.33. The molecule has 0 bridgehead atoms. The van der Waals surface area contributed by atoms with E-state index in [-0.39, 0.29) is 6.10 Å². The van der Waals surface area contributed by atoms with Crippen molar-refractivity contribution in [3.8, 4) is 0 Å². The van der Waals surface area contributed by atoms with Gasteiger partial charge in [-0.3, -0.25) is 0 Å². The molecule has 0 aromatic heterocycles. The normalized spacial score (nSPS) is 13.4. The van der Waals surface area contributed by atoms with E-state index in [0.29, 0.717) is 6.54 Å². The molecule has 0 saturated carbocycles. The lowest BCUT2D eigenvalue weighted by atomic mass is 10.3. The van der Waals surface area contributed by atoms with Crippen molar-refractivity contribution in [1.29, 1.82) is 0 Å². The Kier molecular flexibility index (Phi) is 7.89. The Hall–Kier alpha value is -0.120. The standard InChI is InChI=1S/C8H19NO2/c1-3-4-5-6-11-9-7-8(2)10/h8-10H,3-7H2,1-2H3. The Bertz CT molecular complexity index is 76.5. The molecule has 0 heterocycles. The van der Waals surface area contributed by atoms with Crippen molar-refractivity contribution in [2.24, 2.45) is 0 Å². The van der Waals surface area contributed by atoms with E-state index in [1.807, 2.05) is 0 Å². The lowest BCUT2D eigenvalue weighted by Crippen LogP contribution is -2.24. The Balaban J connectivity index is 2.80. The maximum Gasteiger partial charge on any atom is 0.0682 e. The van der Waals surface area contributed by atoms with Gasteiger partial charge in [-0.25, -0.2) is 0 Å². The fraction of sp³-hybridized carbons (Fsp3) is 1.00. The first-order chi connectivity index (χ1) is 5.27. The van der Waals surface area contributed by atoms with Gasteiger partial charge in [0.15, 0.2) is 0 Å². The summed E-state index contributed by atoms with van der Waals surface area (Å²) in [6.45, 7) is 5.12. The van der Waals surface area contributed by atoms with Crippen molar-refractivity contribution < 1.29 is 9.94 Å². The predicted molar refractivity (Wildman–Crippen MR) is 45.2 cm³/mol. The average molecular weight is 161 g/mol. The van der Waals surface area contributed by atoms with E-state index in [2.05, 4.69) is 12.4 Å². The molecule has 11 heavy (non-hydrogen) atoms. The Labute approximate surface area is 68.7 Å². The summed E-state index contributed by atoms with van der Waals surface area (Å²) in [6, 6.07) is 0. The first kappa shape index (κ1) is 10.9. The van der Waals surface area contributed by atoms with Gasteiger partial charge in [-0.05, 0) is 13.3 Å². The van der Waals surface area contributed by atoms with E-state index in [1.165, 1.54) is 12.8 Å². The van der Waals surface area contributed by atoms with E-state index in [1.54, 1.807) is 6.92 Å². The highest BCUT2D eigenvalue weighted by Crippen LogP contribution is 1.92.